The molecule has 0 saturated carbocycles. The highest BCUT2D eigenvalue weighted by molar-refractivity contribution is 8.02. The number of benzene rings is 1. The number of hydrogen-bond acceptors (Lipinski definition) is 9. The summed E-state index contributed by atoms with van der Waals surface area (Å²) in [7, 11) is 1.38. The van der Waals surface area contributed by atoms with E-state index in [1.165, 1.54) is 18.9 Å². The highest BCUT2D eigenvalue weighted by Gasteiger charge is 2.40. The van der Waals surface area contributed by atoms with E-state index in [2.05, 4.69) is 15.0 Å². The summed E-state index contributed by atoms with van der Waals surface area (Å²) < 4.78 is 67.1. The van der Waals surface area contributed by atoms with Gasteiger partial charge in [-0.25, -0.2) is 4.39 Å². The highest BCUT2D eigenvalue weighted by Crippen LogP contribution is 2.43. The van der Waals surface area contributed by atoms with Gasteiger partial charge in [-0.05, 0) is 24.8 Å². The molecule has 0 spiro atoms. The van der Waals surface area contributed by atoms with E-state index in [1.807, 2.05) is 4.90 Å². The lowest BCUT2D eigenvalue weighted by molar-refractivity contribution is -0.140. The molecule has 4 rings (SSSR count). The van der Waals surface area contributed by atoms with Crippen LogP contribution in [0.2, 0.25) is 0 Å². The second kappa shape index (κ2) is 10.9. The van der Waals surface area contributed by atoms with E-state index in [1.54, 1.807) is 6.26 Å². The number of methoxy groups -OCH3 is 1. The number of nitrogen functional groups attached to an aromatic ring is 1. The summed E-state index contributed by atoms with van der Waals surface area (Å²) in [4.78, 5) is 15.3. The lowest BCUT2D eigenvalue weighted by atomic mass is 9.94. The molecule has 1 aromatic heterocycles. The molecule has 37 heavy (non-hydrogen) atoms. The molecule has 1 aromatic carbocycles. The van der Waals surface area contributed by atoms with E-state index < -0.39 is 34.9 Å². The zero-order valence-electron chi connectivity index (χ0n) is 20.0. The van der Waals surface area contributed by atoms with Gasteiger partial charge in [-0.1, -0.05) is 11.6 Å². The molecular weight excluding hydrogens is 536 g/mol. The summed E-state index contributed by atoms with van der Waals surface area (Å²) in [6.07, 6.45) is -3.70. The summed E-state index contributed by atoms with van der Waals surface area (Å²) >= 11 is 7.76. The van der Waals surface area contributed by atoms with E-state index >= 15 is 0 Å². The predicted octanol–water partition coefficient (Wildman–Crippen LogP) is 4.42. The van der Waals surface area contributed by atoms with Gasteiger partial charge in [-0.15, -0.1) is 11.8 Å². The number of hydrogen-bond donors (Lipinski definition) is 2. The van der Waals surface area contributed by atoms with E-state index in [0.29, 0.717) is 52.4 Å². The van der Waals surface area contributed by atoms with Gasteiger partial charge in [0.15, 0.2) is 5.82 Å². The summed E-state index contributed by atoms with van der Waals surface area (Å²) in [5.74, 6) is -0.683. The number of rotatable bonds is 5. The SMILES string of the molecule is COc1nc2c(c(N3CCCN=C(/C(Cl)=C(\N)SC)C3)n1)COC(c1c(C(F)(F)F)ccc(N)c1F)C2. The lowest BCUT2D eigenvalue weighted by Crippen LogP contribution is -2.33. The molecule has 0 saturated heterocycles. The number of aromatic nitrogens is 2. The third kappa shape index (κ3) is 5.58. The molecule has 2 aliphatic rings. The van der Waals surface area contributed by atoms with Gasteiger partial charge in [0.2, 0.25) is 0 Å². The van der Waals surface area contributed by atoms with Crippen molar-refractivity contribution in [3.05, 3.63) is 50.4 Å². The largest absolute Gasteiger partial charge is 0.467 e. The third-order valence-corrected chi connectivity index (χ3v) is 7.27. The number of nitrogens with two attached hydrogens (primary N) is 2. The number of halogens is 5. The molecule has 0 fully saturated rings. The number of ether oxygens (including phenoxy) is 2. The fourth-order valence-corrected chi connectivity index (χ4v) is 4.93. The fourth-order valence-electron chi connectivity index (χ4n) is 4.28. The maximum Gasteiger partial charge on any atom is 0.416 e. The van der Waals surface area contributed by atoms with Gasteiger partial charge in [0.25, 0.3) is 0 Å². The quantitative estimate of drug-likeness (QED) is 0.408. The minimum Gasteiger partial charge on any atom is -0.467 e. The Kier molecular flexibility index (Phi) is 8.05. The van der Waals surface area contributed by atoms with Crippen molar-refractivity contribution in [3.8, 4) is 6.01 Å². The number of nitrogens with zero attached hydrogens (tertiary/aromatic N) is 4. The molecule has 14 heteroatoms. The van der Waals surface area contributed by atoms with Crippen LogP contribution in [0.15, 0.2) is 27.2 Å². The van der Waals surface area contributed by atoms with E-state index in [9.17, 15) is 17.6 Å². The molecule has 4 N–H and O–H groups in total. The van der Waals surface area contributed by atoms with Gasteiger partial charge in [-0.3, -0.25) is 4.99 Å². The average Bonchev–Trinajstić information content (AvgIpc) is 3.13. The van der Waals surface area contributed by atoms with Gasteiger partial charge in [0.05, 0.1) is 59.1 Å². The predicted molar refractivity (Wildman–Crippen MR) is 135 cm³/mol. The molecule has 0 amide bonds. The molecule has 3 heterocycles. The van der Waals surface area contributed by atoms with Crippen molar-refractivity contribution in [2.45, 2.75) is 31.7 Å². The minimum atomic E-state index is -4.80. The number of aliphatic imine (C=N–C) groups is 1. The average molecular weight is 561 g/mol. The smallest absolute Gasteiger partial charge is 0.416 e. The maximum atomic E-state index is 14.9. The normalized spacial score (nSPS) is 19.1. The second-order valence-corrected chi connectivity index (χ2v) is 9.60. The van der Waals surface area contributed by atoms with Crippen molar-refractivity contribution in [2.24, 2.45) is 10.7 Å². The van der Waals surface area contributed by atoms with Crippen molar-refractivity contribution in [1.29, 1.82) is 0 Å². The van der Waals surface area contributed by atoms with Crippen LogP contribution in [-0.4, -0.2) is 48.7 Å². The summed E-state index contributed by atoms with van der Waals surface area (Å²) in [5.41, 5.74) is 11.0. The van der Waals surface area contributed by atoms with Gasteiger partial charge in [-0.2, -0.15) is 23.1 Å². The van der Waals surface area contributed by atoms with Crippen LogP contribution < -0.4 is 21.1 Å². The van der Waals surface area contributed by atoms with Crippen LogP contribution in [0.4, 0.5) is 29.1 Å². The van der Waals surface area contributed by atoms with Gasteiger partial charge < -0.3 is 25.8 Å². The Morgan fingerprint density at radius 1 is 1.30 bits per heavy atom. The monoisotopic (exact) mass is 560 g/mol. The van der Waals surface area contributed by atoms with Crippen molar-refractivity contribution < 1.29 is 27.0 Å². The zero-order chi connectivity index (χ0) is 26.9. The van der Waals surface area contributed by atoms with Crippen LogP contribution in [0.1, 0.15) is 34.9 Å². The summed E-state index contributed by atoms with van der Waals surface area (Å²) in [6.45, 7) is 1.23. The van der Waals surface area contributed by atoms with Gasteiger partial charge in [0.1, 0.15) is 5.82 Å². The number of thioether (sulfide) groups is 1. The van der Waals surface area contributed by atoms with Crippen molar-refractivity contribution in [2.75, 3.05) is 43.6 Å². The maximum absolute atomic E-state index is 14.9. The molecule has 1 atom stereocenters. The topological polar surface area (TPSA) is 112 Å². The Bertz CT molecular complexity index is 1260. The van der Waals surface area contributed by atoms with Crippen LogP contribution in [0.5, 0.6) is 6.01 Å². The van der Waals surface area contributed by atoms with Crippen molar-refractivity contribution in [1.82, 2.24) is 9.97 Å². The number of alkyl halides is 3. The van der Waals surface area contributed by atoms with Crippen LogP contribution in [0.25, 0.3) is 0 Å². The third-order valence-electron chi connectivity index (χ3n) is 6.10. The Morgan fingerprint density at radius 3 is 2.73 bits per heavy atom. The molecule has 2 aliphatic heterocycles. The first-order valence-corrected chi connectivity index (χ1v) is 12.8. The Hall–Kier alpha value is -2.77. The molecular formula is C23H25ClF4N6O2S. The Morgan fingerprint density at radius 2 is 2.05 bits per heavy atom. The molecule has 1 unspecified atom stereocenters. The summed E-state index contributed by atoms with van der Waals surface area (Å²) in [6, 6.07) is 1.67. The first kappa shape index (κ1) is 27.3. The Balaban J connectivity index is 1.74. The molecule has 0 aliphatic carbocycles. The van der Waals surface area contributed by atoms with E-state index in [-0.39, 0.29) is 25.6 Å². The minimum absolute atomic E-state index is 0.0199. The molecule has 2 aromatic rings. The highest BCUT2D eigenvalue weighted by atomic mass is 35.5. The first-order valence-electron chi connectivity index (χ1n) is 11.2. The second-order valence-electron chi connectivity index (χ2n) is 8.38. The van der Waals surface area contributed by atoms with Crippen LogP contribution in [-0.2, 0) is 23.9 Å². The van der Waals surface area contributed by atoms with Gasteiger partial charge >= 0.3 is 12.2 Å². The van der Waals surface area contributed by atoms with Crippen LogP contribution in [0, 0.1) is 5.82 Å². The van der Waals surface area contributed by atoms with E-state index in [4.69, 9.17) is 32.5 Å². The lowest BCUT2D eigenvalue weighted by Gasteiger charge is -2.31. The van der Waals surface area contributed by atoms with E-state index in [0.717, 1.165) is 12.1 Å². The molecule has 200 valence electrons. The zero-order valence-corrected chi connectivity index (χ0v) is 21.6. The Labute approximate surface area is 220 Å². The van der Waals surface area contributed by atoms with Gasteiger partial charge in [0, 0.05) is 30.6 Å². The van der Waals surface area contributed by atoms with Crippen LogP contribution in [0.3, 0.4) is 0 Å². The summed E-state index contributed by atoms with van der Waals surface area (Å²) in [5, 5.41) is 0.780. The molecule has 0 bridgehead atoms. The first-order chi connectivity index (χ1) is 17.5. The number of fused-ring (bicyclic) bond motifs is 1. The fraction of sp³-hybridized carbons (Fsp3) is 0.435. The molecule has 8 nitrogen and oxygen atoms in total. The van der Waals surface area contributed by atoms with Crippen molar-refractivity contribution in [3.63, 3.8) is 0 Å². The standard InChI is InChI=1S/C23H25ClF4N6O2S/c1-35-22-32-14-8-16(17-12(23(26,27)28)4-5-13(29)19(17)25)36-10-11(14)21(33-22)34-7-3-6-31-15(9-34)18(24)20(30)37-2/h4-5,16H,3,6-10,29-30H2,1-2H3/b20-18-. The number of anilines is 2. The van der Waals surface area contributed by atoms with Crippen LogP contribution >= 0.6 is 23.4 Å². The van der Waals surface area contributed by atoms with Crippen molar-refractivity contribution >= 4 is 40.6 Å². The molecule has 0 radical (unpaired) electrons.